The van der Waals surface area contributed by atoms with Gasteiger partial charge in [-0.3, -0.25) is 4.90 Å². The lowest BCUT2D eigenvalue weighted by Gasteiger charge is -2.32. The number of morpholine rings is 1. The molecule has 13 nitrogen and oxygen atoms in total. The number of nitriles is 1. The van der Waals surface area contributed by atoms with E-state index in [0.717, 1.165) is 49.1 Å². The van der Waals surface area contributed by atoms with Gasteiger partial charge in [-0.2, -0.15) is 25.2 Å². The molecule has 0 spiro atoms. The van der Waals surface area contributed by atoms with Crippen LogP contribution in [0, 0.1) is 11.3 Å². The van der Waals surface area contributed by atoms with Gasteiger partial charge in [-0.05, 0) is 45.6 Å². The van der Waals surface area contributed by atoms with Crippen molar-refractivity contribution >= 4 is 22.3 Å². The van der Waals surface area contributed by atoms with E-state index in [1.807, 2.05) is 11.8 Å². The first-order chi connectivity index (χ1) is 21.2. The number of halogens is 1. The summed E-state index contributed by atoms with van der Waals surface area (Å²) in [6, 6.07) is 2.37. The average molecular weight is 624 g/mol. The standard InChI is InChI=1S/C29H34FN9O4S/c1-27(5-2-4-19-20(27)18(10-31)21(32)44-19)24-33-23(37-43-24)22-34-25(39-13-29(14-40)9-17(39)12-42-29)36-26(35-22)41-15-28-6-3-7-38(28)11-16(30)8-28/h16-17,40H,2-9,11-15,32H2,1H3/t16-,17?,27+,28+,29-/m1/s1. The summed E-state index contributed by atoms with van der Waals surface area (Å²) >= 11 is 1.44. The molecule has 5 aliphatic rings. The molecule has 8 rings (SSSR count). The molecule has 2 bridgehead atoms. The number of fused-ring (bicyclic) bond motifs is 4. The first-order valence-corrected chi connectivity index (χ1v) is 16.0. The number of rotatable bonds is 7. The van der Waals surface area contributed by atoms with E-state index in [4.69, 9.17) is 29.7 Å². The van der Waals surface area contributed by atoms with Crippen molar-refractivity contribution in [3.8, 4) is 23.7 Å². The number of thiophene rings is 1. The van der Waals surface area contributed by atoms with E-state index < -0.39 is 17.2 Å². The third kappa shape index (κ3) is 4.22. The largest absolute Gasteiger partial charge is 0.461 e. The quantitative estimate of drug-likeness (QED) is 0.393. The molecular formula is C29H34FN9O4S. The van der Waals surface area contributed by atoms with Crippen molar-refractivity contribution in [2.45, 2.75) is 80.6 Å². The van der Waals surface area contributed by atoms with Crippen LogP contribution in [0.1, 0.15) is 67.3 Å². The molecule has 0 amide bonds. The summed E-state index contributed by atoms with van der Waals surface area (Å²) in [5, 5.41) is 24.7. The minimum absolute atomic E-state index is 0.00912. The summed E-state index contributed by atoms with van der Waals surface area (Å²) in [4.78, 5) is 24.1. The van der Waals surface area contributed by atoms with Crippen LogP contribution in [0.3, 0.4) is 0 Å². The van der Waals surface area contributed by atoms with Gasteiger partial charge in [-0.1, -0.05) is 5.16 Å². The van der Waals surface area contributed by atoms with Gasteiger partial charge in [-0.25, -0.2) is 4.39 Å². The Bertz CT molecular complexity index is 1660. The minimum atomic E-state index is -0.877. The smallest absolute Gasteiger partial charge is 0.321 e. The summed E-state index contributed by atoms with van der Waals surface area (Å²) in [7, 11) is 0. The summed E-state index contributed by atoms with van der Waals surface area (Å²) in [5.41, 5.74) is 5.82. The second-order valence-electron chi connectivity index (χ2n) is 13.1. The maximum Gasteiger partial charge on any atom is 0.321 e. The number of hydrogen-bond acceptors (Lipinski definition) is 14. The van der Waals surface area contributed by atoms with E-state index >= 15 is 0 Å². The number of aryl methyl sites for hydroxylation is 1. The lowest BCUT2D eigenvalue weighted by atomic mass is 9.72. The van der Waals surface area contributed by atoms with Crippen LogP contribution in [0.15, 0.2) is 4.52 Å². The highest BCUT2D eigenvalue weighted by Crippen LogP contribution is 2.49. The zero-order valence-corrected chi connectivity index (χ0v) is 25.3. The molecule has 4 aliphatic heterocycles. The maximum absolute atomic E-state index is 14.4. The molecule has 4 fully saturated rings. The number of nitrogens with two attached hydrogens (primary N) is 1. The van der Waals surface area contributed by atoms with Gasteiger partial charge in [0.25, 0.3) is 0 Å². The van der Waals surface area contributed by atoms with Gasteiger partial charge in [0, 0.05) is 29.8 Å². The Hall–Kier alpha value is -3.45. The fraction of sp³-hybridized carbons (Fsp3) is 0.655. The first-order valence-electron chi connectivity index (χ1n) is 15.2. The second-order valence-corrected chi connectivity index (χ2v) is 14.2. The van der Waals surface area contributed by atoms with Crippen molar-refractivity contribution < 1.29 is 23.5 Å². The number of nitrogen functional groups attached to an aromatic ring is 1. The molecule has 0 saturated carbocycles. The zero-order chi connectivity index (χ0) is 30.3. The van der Waals surface area contributed by atoms with Gasteiger partial charge in [0.1, 0.15) is 29.4 Å². The lowest BCUT2D eigenvalue weighted by Crippen LogP contribution is -2.45. The Morgan fingerprint density at radius 1 is 1.20 bits per heavy atom. The predicted octanol–water partition coefficient (Wildman–Crippen LogP) is 2.37. The Morgan fingerprint density at radius 2 is 2.09 bits per heavy atom. The second kappa shape index (κ2) is 10.0. The van der Waals surface area contributed by atoms with Crippen molar-refractivity contribution in [1.29, 1.82) is 5.26 Å². The molecule has 7 heterocycles. The Balaban J connectivity index is 1.15. The summed E-state index contributed by atoms with van der Waals surface area (Å²) < 4.78 is 32.4. The van der Waals surface area contributed by atoms with E-state index in [2.05, 4.69) is 26.1 Å². The van der Waals surface area contributed by atoms with Crippen molar-refractivity contribution in [2.24, 2.45) is 0 Å². The monoisotopic (exact) mass is 623 g/mol. The van der Waals surface area contributed by atoms with Gasteiger partial charge in [0.05, 0.1) is 42.3 Å². The fourth-order valence-electron chi connectivity index (χ4n) is 8.10. The molecule has 3 aromatic rings. The highest BCUT2D eigenvalue weighted by molar-refractivity contribution is 7.16. The maximum atomic E-state index is 14.4. The van der Waals surface area contributed by atoms with E-state index in [1.54, 1.807) is 0 Å². The molecule has 0 aromatic carbocycles. The highest BCUT2D eigenvalue weighted by atomic mass is 32.1. The molecule has 44 heavy (non-hydrogen) atoms. The van der Waals surface area contributed by atoms with Crippen LogP contribution in [-0.2, 0) is 16.6 Å². The third-order valence-corrected chi connectivity index (χ3v) is 11.4. The van der Waals surface area contributed by atoms with E-state index in [-0.39, 0.29) is 42.5 Å². The van der Waals surface area contributed by atoms with Crippen molar-refractivity contribution in [3.63, 3.8) is 0 Å². The van der Waals surface area contributed by atoms with Crippen LogP contribution < -0.4 is 15.4 Å². The van der Waals surface area contributed by atoms with Crippen LogP contribution in [0.5, 0.6) is 6.01 Å². The predicted molar refractivity (Wildman–Crippen MR) is 156 cm³/mol. The molecule has 1 aliphatic carbocycles. The first kappa shape index (κ1) is 28.1. The molecule has 15 heteroatoms. The molecule has 3 N–H and O–H groups in total. The normalized spacial score (nSPS) is 32.6. The van der Waals surface area contributed by atoms with Crippen molar-refractivity contribution in [2.75, 3.05) is 50.1 Å². The Labute approximate surface area is 257 Å². The van der Waals surface area contributed by atoms with E-state index in [9.17, 15) is 14.8 Å². The fourth-order valence-corrected chi connectivity index (χ4v) is 9.29. The van der Waals surface area contributed by atoms with Gasteiger partial charge in [-0.15, -0.1) is 11.3 Å². The molecular weight excluding hydrogens is 589 g/mol. The average Bonchev–Trinajstić information content (AvgIpc) is 3.85. The summed E-state index contributed by atoms with van der Waals surface area (Å²) in [6.45, 7) is 4.31. The Morgan fingerprint density at radius 3 is 2.91 bits per heavy atom. The molecule has 4 saturated heterocycles. The van der Waals surface area contributed by atoms with Gasteiger partial charge in [0.15, 0.2) is 0 Å². The van der Waals surface area contributed by atoms with E-state index in [1.165, 1.54) is 11.3 Å². The van der Waals surface area contributed by atoms with Gasteiger partial charge >= 0.3 is 6.01 Å². The molecule has 3 aromatic heterocycles. The third-order valence-electron chi connectivity index (χ3n) is 10.3. The SMILES string of the molecule is C[C@]1(c2nc(-c3nc(OC[C@@]45CCCN4C[C@H](F)C5)nc(N4C[C@@]5(CO)CC4CO5)n3)no2)CCCc2sc(N)c(C#N)c21. The number of ether oxygens (including phenoxy) is 2. The number of anilines is 2. The summed E-state index contributed by atoms with van der Waals surface area (Å²) in [5.74, 6) is 1.09. The number of aliphatic hydroxyl groups is 1. The molecule has 232 valence electrons. The molecule has 0 radical (unpaired) electrons. The Kier molecular flexibility index (Phi) is 6.39. The minimum Gasteiger partial charge on any atom is -0.461 e. The van der Waals surface area contributed by atoms with Crippen LogP contribution in [0.4, 0.5) is 15.3 Å². The lowest BCUT2D eigenvalue weighted by molar-refractivity contribution is -0.0376. The van der Waals surface area contributed by atoms with Crippen molar-refractivity contribution in [1.82, 2.24) is 30.0 Å². The number of alkyl halides is 1. The van der Waals surface area contributed by atoms with E-state index in [0.29, 0.717) is 54.9 Å². The van der Waals surface area contributed by atoms with Crippen molar-refractivity contribution in [3.05, 3.63) is 21.9 Å². The van der Waals surface area contributed by atoms with Crippen LogP contribution in [0.25, 0.3) is 11.6 Å². The summed E-state index contributed by atoms with van der Waals surface area (Å²) in [6.07, 6.45) is 4.52. The molecule has 1 unspecified atom stereocenters. The van der Waals surface area contributed by atoms with Crippen LogP contribution in [-0.4, -0.2) is 97.9 Å². The number of nitrogens with zero attached hydrogens (tertiary/aromatic N) is 8. The molecule has 5 atom stereocenters. The van der Waals surface area contributed by atoms with Crippen LogP contribution >= 0.6 is 11.3 Å². The van der Waals surface area contributed by atoms with Crippen LogP contribution in [0.2, 0.25) is 0 Å². The topological polar surface area (TPSA) is 173 Å². The number of aromatic nitrogens is 5. The number of aliphatic hydroxyl groups excluding tert-OH is 1. The highest BCUT2D eigenvalue weighted by Gasteiger charge is 2.52. The van der Waals surface area contributed by atoms with Gasteiger partial charge in [0.2, 0.25) is 23.5 Å². The number of hydrogen-bond donors (Lipinski definition) is 2. The zero-order valence-electron chi connectivity index (χ0n) is 24.5. The van der Waals surface area contributed by atoms with Gasteiger partial charge < -0.3 is 29.7 Å².